The quantitative estimate of drug-likeness (QED) is 0.767. The predicted octanol–water partition coefficient (Wildman–Crippen LogP) is 3.94. The van der Waals surface area contributed by atoms with Gasteiger partial charge in [-0.3, -0.25) is 4.79 Å². The van der Waals surface area contributed by atoms with Gasteiger partial charge in [-0.1, -0.05) is 60.2 Å². The zero-order valence-electron chi connectivity index (χ0n) is 15.0. The van der Waals surface area contributed by atoms with Crippen molar-refractivity contribution < 1.29 is 19.1 Å². The first-order valence-corrected chi connectivity index (χ1v) is 8.79. The second-order valence-corrected chi connectivity index (χ2v) is 6.41. The van der Waals surface area contributed by atoms with Crippen molar-refractivity contribution in [2.24, 2.45) is 5.92 Å². The summed E-state index contributed by atoms with van der Waals surface area (Å²) in [7, 11) is 0. The number of aryl methyl sites for hydroxylation is 1. The van der Waals surface area contributed by atoms with Crippen molar-refractivity contribution in [2.75, 3.05) is 6.61 Å². The van der Waals surface area contributed by atoms with E-state index in [1.807, 2.05) is 61.5 Å². The molecule has 0 unspecified atom stereocenters. The standard InChI is InChI=1S/C22H22O4/c1-3-25-22(24)20-14-18(17-11-9-15(2)10-12-17)19(21(23)26-20)13-16-7-5-4-6-8-16/h4-12,14,18-19H,3,13H2,1-2H3/t18-,19+/m0/s1. The molecule has 2 aromatic carbocycles. The molecule has 1 aliphatic heterocycles. The van der Waals surface area contributed by atoms with Crippen LogP contribution in [0.4, 0.5) is 0 Å². The minimum atomic E-state index is -0.601. The molecule has 0 saturated heterocycles. The average Bonchev–Trinajstić information content (AvgIpc) is 2.65. The molecule has 2 aromatic rings. The second-order valence-electron chi connectivity index (χ2n) is 6.41. The fourth-order valence-corrected chi connectivity index (χ4v) is 3.15. The zero-order chi connectivity index (χ0) is 18.5. The molecule has 0 radical (unpaired) electrons. The molecule has 0 fully saturated rings. The van der Waals surface area contributed by atoms with Crippen molar-refractivity contribution in [3.05, 3.63) is 83.1 Å². The van der Waals surface area contributed by atoms with Gasteiger partial charge in [-0.2, -0.15) is 0 Å². The number of carbonyl (C=O) groups is 2. The molecule has 0 N–H and O–H groups in total. The van der Waals surface area contributed by atoms with E-state index in [1.54, 1.807) is 13.0 Å². The predicted molar refractivity (Wildman–Crippen MR) is 98.4 cm³/mol. The Bertz CT molecular complexity index is 806. The van der Waals surface area contributed by atoms with E-state index in [1.165, 1.54) is 0 Å². The lowest BCUT2D eigenvalue weighted by atomic mass is 9.80. The van der Waals surface area contributed by atoms with Crippen molar-refractivity contribution in [2.45, 2.75) is 26.2 Å². The van der Waals surface area contributed by atoms with E-state index in [0.717, 1.165) is 16.7 Å². The van der Waals surface area contributed by atoms with E-state index in [9.17, 15) is 9.59 Å². The molecular formula is C22H22O4. The SMILES string of the molecule is CCOC(=O)C1=C[C@@H](c2ccc(C)cc2)[C@@H](Cc2ccccc2)C(=O)O1. The first-order chi connectivity index (χ1) is 12.6. The summed E-state index contributed by atoms with van der Waals surface area (Å²) < 4.78 is 10.3. The van der Waals surface area contributed by atoms with Gasteiger partial charge < -0.3 is 9.47 Å². The summed E-state index contributed by atoms with van der Waals surface area (Å²) in [6.07, 6.45) is 2.27. The van der Waals surface area contributed by atoms with Crippen LogP contribution in [-0.2, 0) is 25.5 Å². The van der Waals surface area contributed by atoms with Crippen LogP contribution in [0.5, 0.6) is 0 Å². The van der Waals surface area contributed by atoms with Gasteiger partial charge in [0.2, 0.25) is 5.76 Å². The summed E-state index contributed by atoms with van der Waals surface area (Å²) in [6.45, 7) is 3.97. The third-order valence-corrected chi connectivity index (χ3v) is 4.52. The number of hydrogen-bond acceptors (Lipinski definition) is 4. The Morgan fingerprint density at radius 1 is 1.08 bits per heavy atom. The Hall–Kier alpha value is -2.88. The molecule has 0 aliphatic carbocycles. The molecule has 0 spiro atoms. The van der Waals surface area contributed by atoms with E-state index in [0.29, 0.717) is 6.42 Å². The lowest BCUT2D eigenvalue weighted by Crippen LogP contribution is -2.32. The summed E-state index contributed by atoms with van der Waals surface area (Å²) >= 11 is 0. The van der Waals surface area contributed by atoms with Crippen LogP contribution >= 0.6 is 0 Å². The van der Waals surface area contributed by atoms with Crippen LogP contribution in [0, 0.1) is 12.8 Å². The van der Waals surface area contributed by atoms with Crippen LogP contribution in [0.1, 0.15) is 29.5 Å². The topological polar surface area (TPSA) is 52.6 Å². The van der Waals surface area contributed by atoms with Crippen molar-refractivity contribution in [1.82, 2.24) is 0 Å². The Morgan fingerprint density at radius 3 is 2.42 bits per heavy atom. The number of carbonyl (C=O) groups excluding carboxylic acids is 2. The highest BCUT2D eigenvalue weighted by Crippen LogP contribution is 2.35. The minimum Gasteiger partial charge on any atom is -0.460 e. The summed E-state index contributed by atoms with van der Waals surface area (Å²) in [5.41, 5.74) is 3.18. The van der Waals surface area contributed by atoms with E-state index >= 15 is 0 Å². The largest absolute Gasteiger partial charge is 0.460 e. The van der Waals surface area contributed by atoms with E-state index in [2.05, 4.69) is 0 Å². The smallest absolute Gasteiger partial charge is 0.374 e. The third kappa shape index (κ3) is 4.02. The van der Waals surface area contributed by atoms with E-state index in [-0.39, 0.29) is 18.3 Å². The van der Waals surface area contributed by atoms with Crippen molar-refractivity contribution in [1.29, 1.82) is 0 Å². The molecule has 0 aromatic heterocycles. The number of ether oxygens (including phenoxy) is 2. The Kier molecular flexibility index (Phi) is 5.52. The highest BCUT2D eigenvalue weighted by molar-refractivity contribution is 5.92. The van der Waals surface area contributed by atoms with Gasteiger partial charge in [-0.05, 0) is 37.5 Å². The van der Waals surface area contributed by atoms with Crippen LogP contribution in [0.15, 0.2) is 66.4 Å². The number of allylic oxidation sites excluding steroid dienone is 1. The molecule has 134 valence electrons. The second kappa shape index (κ2) is 8.00. The van der Waals surface area contributed by atoms with E-state index in [4.69, 9.17) is 9.47 Å². The summed E-state index contributed by atoms with van der Waals surface area (Å²) in [6, 6.07) is 17.8. The first kappa shape index (κ1) is 17.9. The molecule has 1 aliphatic rings. The third-order valence-electron chi connectivity index (χ3n) is 4.52. The number of rotatable bonds is 5. The van der Waals surface area contributed by atoms with Crippen LogP contribution < -0.4 is 0 Å². The van der Waals surface area contributed by atoms with Gasteiger partial charge in [0.25, 0.3) is 0 Å². The summed E-state index contributed by atoms with van der Waals surface area (Å²) in [4.78, 5) is 24.8. The van der Waals surface area contributed by atoms with Gasteiger partial charge >= 0.3 is 11.9 Å². The highest BCUT2D eigenvalue weighted by Gasteiger charge is 2.37. The fourth-order valence-electron chi connectivity index (χ4n) is 3.15. The normalized spacial score (nSPS) is 19.5. The first-order valence-electron chi connectivity index (χ1n) is 8.79. The number of benzene rings is 2. The Morgan fingerprint density at radius 2 is 1.77 bits per heavy atom. The molecule has 0 bridgehead atoms. The number of hydrogen-bond donors (Lipinski definition) is 0. The van der Waals surface area contributed by atoms with Crippen LogP contribution in [0.25, 0.3) is 0 Å². The zero-order valence-corrected chi connectivity index (χ0v) is 15.0. The lowest BCUT2D eigenvalue weighted by Gasteiger charge is -2.28. The van der Waals surface area contributed by atoms with Gasteiger partial charge in [0, 0.05) is 5.92 Å². The Labute approximate surface area is 153 Å². The fraction of sp³-hybridized carbons (Fsp3) is 0.273. The maximum absolute atomic E-state index is 12.7. The van der Waals surface area contributed by atoms with Gasteiger partial charge in [-0.25, -0.2) is 4.79 Å². The maximum Gasteiger partial charge on any atom is 0.374 e. The summed E-state index contributed by atoms with van der Waals surface area (Å²) in [5, 5.41) is 0. The van der Waals surface area contributed by atoms with Crippen LogP contribution in [0.3, 0.4) is 0 Å². The molecule has 2 atom stereocenters. The molecule has 26 heavy (non-hydrogen) atoms. The molecule has 4 heteroatoms. The average molecular weight is 350 g/mol. The molecule has 4 nitrogen and oxygen atoms in total. The Balaban J connectivity index is 1.97. The molecule has 1 heterocycles. The minimum absolute atomic E-state index is 0.0215. The summed E-state index contributed by atoms with van der Waals surface area (Å²) in [5.74, 6) is -1.65. The monoisotopic (exact) mass is 350 g/mol. The van der Waals surface area contributed by atoms with E-state index < -0.39 is 17.9 Å². The van der Waals surface area contributed by atoms with Gasteiger partial charge in [-0.15, -0.1) is 0 Å². The molecule has 0 saturated carbocycles. The lowest BCUT2D eigenvalue weighted by molar-refractivity contribution is -0.155. The van der Waals surface area contributed by atoms with Gasteiger partial charge in [0.05, 0.1) is 12.5 Å². The van der Waals surface area contributed by atoms with Crippen molar-refractivity contribution >= 4 is 11.9 Å². The van der Waals surface area contributed by atoms with Crippen molar-refractivity contribution in [3.63, 3.8) is 0 Å². The van der Waals surface area contributed by atoms with Crippen LogP contribution in [0.2, 0.25) is 0 Å². The van der Waals surface area contributed by atoms with Gasteiger partial charge in [0.15, 0.2) is 0 Å². The molecular weight excluding hydrogens is 328 g/mol. The van der Waals surface area contributed by atoms with Crippen LogP contribution in [-0.4, -0.2) is 18.5 Å². The van der Waals surface area contributed by atoms with Crippen molar-refractivity contribution in [3.8, 4) is 0 Å². The molecule has 3 rings (SSSR count). The molecule has 0 amide bonds. The number of cyclic esters (lactones) is 1. The highest BCUT2D eigenvalue weighted by atomic mass is 16.6. The number of esters is 2. The van der Waals surface area contributed by atoms with Gasteiger partial charge in [0.1, 0.15) is 0 Å². The maximum atomic E-state index is 12.7.